The van der Waals surface area contributed by atoms with Crippen molar-refractivity contribution in [2.75, 3.05) is 17.2 Å². The Morgan fingerprint density at radius 2 is 1.88 bits per heavy atom. The second-order valence-corrected chi connectivity index (χ2v) is 6.72. The van der Waals surface area contributed by atoms with Gasteiger partial charge in [0.05, 0.1) is 0 Å². The summed E-state index contributed by atoms with van der Waals surface area (Å²) in [5, 5.41) is 6.60. The van der Waals surface area contributed by atoms with Crippen LogP contribution in [-0.2, 0) is 6.42 Å². The molecule has 0 atom stereocenters. The zero-order valence-corrected chi connectivity index (χ0v) is 15.8. The van der Waals surface area contributed by atoms with Crippen LogP contribution in [0.5, 0.6) is 0 Å². The Hall–Kier alpha value is -2.40. The summed E-state index contributed by atoms with van der Waals surface area (Å²) >= 11 is 3.54. The van der Waals surface area contributed by atoms with Gasteiger partial charge < -0.3 is 10.6 Å². The molecule has 3 aromatic rings. The maximum atomic E-state index is 4.52. The van der Waals surface area contributed by atoms with Crippen LogP contribution in [0, 0.1) is 6.92 Å². The van der Waals surface area contributed by atoms with Crippen LogP contribution < -0.4 is 10.6 Å². The molecule has 1 aromatic heterocycles. The van der Waals surface area contributed by atoms with Gasteiger partial charge in [-0.2, -0.15) is 4.98 Å². The SMILES string of the molecule is Cc1ccc(Nc2nccc(NCCCc3ccccc3)n2)cc1Br. The van der Waals surface area contributed by atoms with Gasteiger partial charge in [-0.05, 0) is 49.1 Å². The van der Waals surface area contributed by atoms with E-state index in [0.717, 1.165) is 35.4 Å². The second kappa shape index (κ2) is 8.62. The molecule has 4 nitrogen and oxygen atoms in total. The van der Waals surface area contributed by atoms with E-state index in [2.05, 4.69) is 73.8 Å². The van der Waals surface area contributed by atoms with Crippen molar-refractivity contribution in [1.29, 1.82) is 0 Å². The minimum atomic E-state index is 0.587. The number of aromatic nitrogens is 2. The van der Waals surface area contributed by atoms with E-state index in [-0.39, 0.29) is 0 Å². The molecule has 0 spiro atoms. The summed E-state index contributed by atoms with van der Waals surface area (Å²) in [5.74, 6) is 1.42. The average Bonchev–Trinajstić information content (AvgIpc) is 2.63. The highest BCUT2D eigenvalue weighted by Crippen LogP contribution is 2.22. The lowest BCUT2D eigenvalue weighted by molar-refractivity contribution is 0.858. The van der Waals surface area contributed by atoms with Crippen molar-refractivity contribution in [2.24, 2.45) is 0 Å². The van der Waals surface area contributed by atoms with Crippen LogP contribution in [0.3, 0.4) is 0 Å². The molecule has 25 heavy (non-hydrogen) atoms. The van der Waals surface area contributed by atoms with E-state index in [1.54, 1.807) is 6.20 Å². The predicted molar refractivity (Wildman–Crippen MR) is 107 cm³/mol. The molecule has 0 saturated carbocycles. The Morgan fingerprint density at radius 3 is 2.68 bits per heavy atom. The van der Waals surface area contributed by atoms with E-state index in [4.69, 9.17) is 0 Å². The highest BCUT2D eigenvalue weighted by atomic mass is 79.9. The fourth-order valence-electron chi connectivity index (χ4n) is 2.47. The third kappa shape index (κ3) is 5.29. The van der Waals surface area contributed by atoms with Crippen molar-refractivity contribution in [1.82, 2.24) is 9.97 Å². The van der Waals surface area contributed by atoms with Gasteiger partial charge in [-0.25, -0.2) is 4.98 Å². The molecule has 128 valence electrons. The summed E-state index contributed by atoms with van der Waals surface area (Å²) in [6.45, 7) is 2.94. The molecule has 0 unspecified atom stereocenters. The number of benzene rings is 2. The van der Waals surface area contributed by atoms with Crippen LogP contribution in [0.15, 0.2) is 65.3 Å². The van der Waals surface area contributed by atoms with Crippen molar-refractivity contribution < 1.29 is 0 Å². The predicted octanol–water partition coefficient (Wildman–Crippen LogP) is 5.34. The lowest BCUT2D eigenvalue weighted by Gasteiger charge is -2.09. The Labute approximate surface area is 156 Å². The second-order valence-electron chi connectivity index (χ2n) is 5.87. The monoisotopic (exact) mass is 396 g/mol. The standard InChI is InChI=1S/C20H21BrN4/c1-15-9-10-17(14-18(15)21)24-20-23-13-11-19(25-20)22-12-5-8-16-6-3-2-4-7-16/h2-4,6-7,9-11,13-14H,5,8,12H2,1H3,(H2,22,23,24,25). The van der Waals surface area contributed by atoms with E-state index in [1.807, 2.05) is 24.3 Å². The first-order valence-corrected chi connectivity index (χ1v) is 9.14. The van der Waals surface area contributed by atoms with Gasteiger partial charge in [-0.1, -0.05) is 52.3 Å². The topological polar surface area (TPSA) is 49.8 Å². The molecule has 0 aliphatic heterocycles. The van der Waals surface area contributed by atoms with Crippen LogP contribution in [0.2, 0.25) is 0 Å². The first-order valence-electron chi connectivity index (χ1n) is 8.35. The van der Waals surface area contributed by atoms with Crippen molar-refractivity contribution in [3.8, 4) is 0 Å². The van der Waals surface area contributed by atoms with Crippen LogP contribution in [0.1, 0.15) is 17.5 Å². The van der Waals surface area contributed by atoms with E-state index in [1.165, 1.54) is 11.1 Å². The lowest BCUT2D eigenvalue weighted by atomic mass is 10.1. The summed E-state index contributed by atoms with van der Waals surface area (Å²) in [5.41, 5.74) is 3.51. The van der Waals surface area contributed by atoms with Crippen molar-refractivity contribution in [3.05, 3.63) is 76.4 Å². The van der Waals surface area contributed by atoms with Crippen molar-refractivity contribution in [3.63, 3.8) is 0 Å². The Morgan fingerprint density at radius 1 is 1.04 bits per heavy atom. The summed E-state index contributed by atoms with van der Waals surface area (Å²) in [4.78, 5) is 8.80. The number of nitrogens with one attached hydrogen (secondary N) is 2. The fraction of sp³-hybridized carbons (Fsp3) is 0.200. The summed E-state index contributed by atoms with van der Waals surface area (Å²) in [6.07, 6.45) is 3.88. The zero-order valence-electron chi connectivity index (χ0n) is 14.2. The third-order valence-corrected chi connectivity index (χ3v) is 4.73. The Balaban J connectivity index is 1.53. The molecular formula is C20H21BrN4. The molecule has 3 rings (SSSR count). The largest absolute Gasteiger partial charge is 0.370 e. The van der Waals surface area contributed by atoms with Gasteiger partial charge in [0.2, 0.25) is 5.95 Å². The minimum absolute atomic E-state index is 0.587. The van der Waals surface area contributed by atoms with E-state index >= 15 is 0 Å². The van der Waals surface area contributed by atoms with Gasteiger partial charge in [-0.15, -0.1) is 0 Å². The summed E-state index contributed by atoms with van der Waals surface area (Å²) in [6, 6.07) is 18.5. The van der Waals surface area contributed by atoms with E-state index in [9.17, 15) is 0 Å². The maximum absolute atomic E-state index is 4.52. The molecule has 0 aliphatic rings. The molecule has 2 N–H and O–H groups in total. The highest BCUT2D eigenvalue weighted by Gasteiger charge is 2.02. The maximum Gasteiger partial charge on any atom is 0.229 e. The number of hydrogen-bond donors (Lipinski definition) is 2. The number of anilines is 3. The normalized spacial score (nSPS) is 10.5. The van der Waals surface area contributed by atoms with E-state index < -0.39 is 0 Å². The zero-order chi connectivity index (χ0) is 17.5. The molecule has 0 radical (unpaired) electrons. The molecule has 0 fully saturated rings. The van der Waals surface area contributed by atoms with Crippen LogP contribution in [-0.4, -0.2) is 16.5 Å². The molecule has 0 amide bonds. The van der Waals surface area contributed by atoms with Crippen LogP contribution in [0.25, 0.3) is 0 Å². The van der Waals surface area contributed by atoms with Crippen molar-refractivity contribution in [2.45, 2.75) is 19.8 Å². The number of aryl methyl sites for hydroxylation is 2. The molecule has 1 heterocycles. The van der Waals surface area contributed by atoms with Gasteiger partial charge >= 0.3 is 0 Å². The van der Waals surface area contributed by atoms with Crippen LogP contribution in [0.4, 0.5) is 17.5 Å². The Kier molecular flexibility index (Phi) is 6.01. The van der Waals surface area contributed by atoms with Crippen molar-refractivity contribution >= 4 is 33.4 Å². The first-order chi connectivity index (χ1) is 12.2. The summed E-state index contributed by atoms with van der Waals surface area (Å²) in [7, 11) is 0. The molecule has 0 bridgehead atoms. The number of halogens is 1. The molecule has 2 aromatic carbocycles. The lowest BCUT2D eigenvalue weighted by Crippen LogP contribution is -2.06. The Bertz CT molecular complexity index is 821. The summed E-state index contributed by atoms with van der Waals surface area (Å²) < 4.78 is 1.06. The quantitative estimate of drug-likeness (QED) is 0.529. The average molecular weight is 397 g/mol. The molecule has 0 saturated heterocycles. The van der Waals surface area contributed by atoms with Crippen LogP contribution >= 0.6 is 15.9 Å². The molecular weight excluding hydrogens is 376 g/mol. The third-order valence-electron chi connectivity index (χ3n) is 3.87. The van der Waals surface area contributed by atoms with Gasteiger partial charge in [0, 0.05) is 22.9 Å². The first kappa shape index (κ1) is 17.4. The smallest absolute Gasteiger partial charge is 0.229 e. The number of rotatable bonds is 7. The molecule has 0 aliphatic carbocycles. The van der Waals surface area contributed by atoms with E-state index in [0.29, 0.717) is 5.95 Å². The van der Waals surface area contributed by atoms with Gasteiger partial charge in [0.25, 0.3) is 0 Å². The number of nitrogens with zero attached hydrogens (tertiary/aromatic N) is 2. The van der Waals surface area contributed by atoms with Gasteiger partial charge in [0.15, 0.2) is 0 Å². The molecule has 5 heteroatoms. The fourth-order valence-corrected chi connectivity index (χ4v) is 2.85. The number of hydrogen-bond acceptors (Lipinski definition) is 4. The van der Waals surface area contributed by atoms with Gasteiger partial charge in [0.1, 0.15) is 5.82 Å². The van der Waals surface area contributed by atoms with Gasteiger partial charge in [-0.3, -0.25) is 0 Å². The highest BCUT2D eigenvalue weighted by molar-refractivity contribution is 9.10. The minimum Gasteiger partial charge on any atom is -0.370 e.